The van der Waals surface area contributed by atoms with Gasteiger partial charge in [0.1, 0.15) is 0 Å². The van der Waals surface area contributed by atoms with E-state index in [0.29, 0.717) is 36.3 Å². The number of hydrogen-bond donors (Lipinski definition) is 1. The highest BCUT2D eigenvalue weighted by atomic mass is 32.2. The summed E-state index contributed by atoms with van der Waals surface area (Å²) in [6.45, 7) is 2.05. The molecule has 1 aliphatic rings. The van der Waals surface area contributed by atoms with Crippen LogP contribution in [0.15, 0.2) is 51.9 Å². The zero-order chi connectivity index (χ0) is 23.2. The van der Waals surface area contributed by atoms with Crippen LogP contribution >= 0.6 is 11.8 Å². The molecule has 1 atom stereocenters. The van der Waals surface area contributed by atoms with E-state index in [9.17, 15) is 4.79 Å². The van der Waals surface area contributed by atoms with Gasteiger partial charge in [-0.3, -0.25) is 9.69 Å². The number of ether oxygens (including phenoxy) is 2. The number of thioether (sulfide) groups is 1. The van der Waals surface area contributed by atoms with Crippen molar-refractivity contribution >= 4 is 23.4 Å². The van der Waals surface area contributed by atoms with E-state index in [-0.39, 0.29) is 11.8 Å². The Hall–Kier alpha value is -3.04. The van der Waals surface area contributed by atoms with E-state index in [1.54, 1.807) is 26.0 Å². The Bertz CT molecular complexity index is 1100. The topological polar surface area (TPSA) is 89.7 Å². The van der Waals surface area contributed by atoms with Gasteiger partial charge in [-0.25, -0.2) is 0 Å². The molecule has 1 aromatic heterocycles. The molecule has 0 radical (unpaired) electrons. The maximum Gasteiger partial charge on any atom is 0.241 e. The molecule has 2 heterocycles. The molecule has 8 nitrogen and oxygen atoms in total. The van der Waals surface area contributed by atoms with Gasteiger partial charge in [-0.2, -0.15) is 4.98 Å². The number of hydrogen-bond acceptors (Lipinski definition) is 8. The Balaban J connectivity index is 1.38. The highest BCUT2D eigenvalue weighted by molar-refractivity contribution is 7.98. The summed E-state index contributed by atoms with van der Waals surface area (Å²) in [4.78, 5) is 20.7. The van der Waals surface area contributed by atoms with Crippen LogP contribution in [0.25, 0.3) is 11.4 Å². The van der Waals surface area contributed by atoms with Gasteiger partial charge < -0.3 is 19.3 Å². The van der Waals surface area contributed by atoms with Gasteiger partial charge in [-0.1, -0.05) is 11.2 Å². The minimum absolute atomic E-state index is 0.0505. The van der Waals surface area contributed by atoms with Crippen LogP contribution in [0.2, 0.25) is 0 Å². The summed E-state index contributed by atoms with van der Waals surface area (Å²) in [5.74, 6) is 2.23. The Morgan fingerprint density at radius 2 is 2.06 bits per heavy atom. The van der Waals surface area contributed by atoms with E-state index < -0.39 is 0 Å². The van der Waals surface area contributed by atoms with E-state index >= 15 is 0 Å². The lowest BCUT2D eigenvalue weighted by Crippen LogP contribution is -2.40. The second-order valence-electron chi connectivity index (χ2n) is 7.88. The first kappa shape index (κ1) is 23.1. The van der Waals surface area contributed by atoms with Crippen LogP contribution in [0.3, 0.4) is 0 Å². The van der Waals surface area contributed by atoms with E-state index in [2.05, 4.69) is 20.4 Å². The second kappa shape index (κ2) is 10.7. The van der Waals surface area contributed by atoms with Crippen molar-refractivity contribution in [1.82, 2.24) is 15.0 Å². The number of nitrogens with zero attached hydrogens (tertiary/aromatic N) is 3. The summed E-state index contributed by atoms with van der Waals surface area (Å²) in [6, 6.07) is 13.4. The van der Waals surface area contributed by atoms with Gasteiger partial charge in [0.25, 0.3) is 0 Å². The number of rotatable bonds is 8. The van der Waals surface area contributed by atoms with Gasteiger partial charge in [-0.15, -0.1) is 11.8 Å². The molecule has 33 heavy (non-hydrogen) atoms. The zero-order valence-electron chi connectivity index (χ0n) is 19.0. The molecule has 1 amide bonds. The fraction of sp³-hybridized carbons (Fsp3) is 0.375. The third-order valence-corrected chi connectivity index (χ3v) is 6.41. The third-order valence-electron chi connectivity index (χ3n) is 5.68. The predicted molar refractivity (Wildman–Crippen MR) is 128 cm³/mol. The van der Waals surface area contributed by atoms with Crippen molar-refractivity contribution in [2.45, 2.75) is 24.3 Å². The molecule has 0 aliphatic carbocycles. The normalized spacial score (nSPS) is 16.4. The van der Waals surface area contributed by atoms with Crippen LogP contribution in [-0.4, -0.2) is 54.5 Å². The summed E-state index contributed by atoms with van der Waals surface area (Å²) in [7, 11) is 3.18. The molecule has 0 saturated carbocycles. The van der Waals surface area contributed by atoms with Gasteiger partial charge >= 0.3 is 0 Å². The zero-order valence-corrected chi connectivity index (χ0v) is 19.9. The Labute approximate surface area is 197 Å². The van der Waals surface area contributed by atoms with Gasteiger partial charge in [0.15, 0.2) is 11.5 Å². The molecule has 0 spiro atoms. The molecule has 1 N–H and O–H groups in total. The lowest BCUT2D eigenvalue weighted by molar-refractivity contribution is -0.121. The standard InChI is InChI=1S/C24H28N4O4S/c1-30-20-10-9-16(12-21(20)31-2)23-26-22(32-27-23)15-28-11-5-6-17(14-28)24(29)25-18-7-4-8-19(13-18)33-3/h4,7-10,12-13,17H,5-6,11,14-15H2,1-3H3,(H,25,29). The Kier molecular flexibility index (Phi) is 7.51. The van der Waals surface area contributed by atoms with Crippen molar-refractivity contribution in [2.75, 3.05) is 38.9 Å². The minimum atomic E-state index is -0.0788. The van der Waals surface area contributed by atoms with Crippen LogP contribution in [0.5, 0.6) is 11.5 Å². The fourth-order valence-corrected chi connectivity index (χ4v) is 4.42. The molecule has 174 valence electrons. The lowest BCUT2D eigenvalue weighted by atomic mass is 9.97. The van der Waals surface area contributed by atoms with E-state index in [1.807, 2.05) is 48.7 Å². The number of nitrogens with one attached hydrogen (secondary N) is 1. The molecule has 1 saturated heterocycles. The monoisotopic (exact) mass is 468 g/mol. The van der Waals surface area contributed by atoms with Crippen molar-refractivity contribution in [3.05, 3.63) is 48.4 Å². The summed E-state index contributed by atoms with van der Waals surface area (Å²) < 4.78 is 16.1. The van der Waals surface area contributed by atoms with Crippen LogP contribution in [-0.2, 0) is 11.3 Å². The number of aromatic nitrogens is 2. The lowest BCUT2D eigenvalue weighted by Gasteiger charge is -2.30. The highest BCUT2D eigenvalue weighted by Gasteiger charge is 2.27. The van der Waals surface area contributed by atoms with E-state index in [1.165, 1.54) is 0 Å². The van der Waals surface area contributed by atoms with Crippen molar-refractivity contribution < 1.29 is 18.8 Å². The van der Waals surface area contributed by atoms with E-state index in [4.69, 9.17) is 14.0 Å². The number of benzene rings is 2. The molecule has 4 rings (SSSR count). The molecule has 3 aromatic rings. The highest BCUT2D eigenvalue weighted by Crippen LogP contribution is 2.31. The van der Waals surface area contributed by atoms with E-state index in [0.717, 1.165) is 35.5 Å². The third kappa shape index (κ3) is 5.66. The molecule has 1 aliphatic heterocycles. The van der Waals surface area contributed by atoms with Gasteiger partial charge in [0, 0.05) is 22.7 Å². The number of amides is 1. The average Bonchev–Trinajstić information content (AvgIpc) is 3.32. The predicted octanol–water partition coefficient (Wildman–Crippen LogP) is 4.33. The minimum Gasteiger partial charge on any atom is -0.493 e. The van der Waals surface area contributed by atoms with Crippen molar-refractivity contribution in [3.8, 4) is 22.9 Å². The maximum absolute atomic E-state index is 12.8. The quantitative estimate of drug-likeness (QED) is 0.489. The summed E-state index contributed by atoms with van der Waals surface area (Å²) >= 11 is 1.66. The largest absolute Gasteiger partial charge is 0.493 e. The van der Waals surface area contributed by atoms with Crippen molar-refractivity contribution in [1.29, 1.82) is 0 Å². The molecule has 1 fully saturated rings. The second-order valence-corrected chi connectivity index (χ2v) is 8.76. The number of likely N-dealkylation sites (tertiary alicyclic amines) is 1. The number of carbonyl (C=O) groups is 1. The Morgan fingerprint density at radius 3 is 2.85 bits per heavy atom. The number of methoxy groups -OCH3 is 2. The van der Waals surface area contributed by atoms with Crippen LogP contribution in [0.1, 0.15) is 18.7 Å². The van der Waals surface area contributed by atoms with Crippen LogP contribution < -0.4 is 14.8 Å². The van der Waals surface area contributed by atoms with Crippen molar-refractivity contribution in [2.24, 2.45) is 5.92 Å². The molecule has 2 aromatic carbocycles. The maximum atomic E-state index is 12.8. The van der Waals surface area contributed by atoms with Gasteiger partial charge in [0.05, 0.1) is 26.7 Å². The number of anilines is 1. The number of carbonyl (C=O) groups excluding carboxylic acids is 1. The summed E-state index contributed by atoms with van der Waals surface area (Å²) in [5.41, 5.74) is 1.62. The molecular formula is C24H28N4O4S. The molecule has 0 bridgehead atoms. The average molecular weight is 469 g/mol. The SMILES string of the molecule is COc1ccc(-c2noc(CN3CCCC(C(=O)Nc4cccc(SC)c4)C3)n2)cc1OC. The molecule has 9 heteroatoms. The van der Waals surface area contributed by atoms with Crippen LogP contribution in [0, 0.1) is 5.92 Å². The first-order chi connectivity index (χ1) is 16.1. The smallest absolute Gasteiger partial charge is 0.241 e. The fourth-order valence-electron chi connectivity index (χ4n) is 3.96. The Morgan fingerprint density at radius 1 is 1.21 bits per heavy atom. The van der Waals surface area contributed by atoms with Gasteiger partial charge in [0.2, 0.25) is 17.6 Å². The van der Waals surface area contributed by atoms with Crippen LogP contribution in [0.4, 0.5) is 5.69 Å². The first-order valence-electron chi connectivity index (χ1n) is 10.8. The summed E-state index contributed by atoms with van der Waals surface area (Å²) in [5, 5.41) is 7.18. The summed E-state index contributed by atoms with van der Waals surface area (Å²) in [6.07, 6.45) is 3.83. The van der Waals surface area contributed by atoms with Gasteiger partial charge in [-0.05, 0) is 62.0 Å². The first-order valence-corrected chi connectivity index (χ1v) is 12.0. The molecule has 1 unspecified atom stereocenters. The molecular weight excluding hydrogens is 440 g/mol. The van der Waals surface area contributed by atoms with Crippen molar-refractivity contribution in [3.63, 3.8) is 0 Å². The number of piperidine rings is 1.